The van der Waals surface area contributed by atoms with Crippen LogP contribution in [0.1, 0.15) is 44.3 Å². The number of hydrogen-bond acceptors (Lipinski definition) is 6. The number of ether oxygens (including phenoxy) is 2. The smallest absolute Gasteiger partial charge is 0.252 e. The van der Waals surface area contributed by atoms with Gasteiger partial charge in [0.05, 0.1) is 5.60 Å². The van der Waals surface area contributed by atoms with E-state index in [1.165, 1.54) is 0 Å². The second kappa shape index (κ2) is 4.85. The average molecular weight is 267 g/mol. The zero-order valence-corrected chi connectivity index (χ0v) is 11.6. The van der Waals surface area contributed by atoms with Crippen LogP contribution < -0.4 is 5.32 Å². The number of nitrogens with zero attached hydrogens (tertiary/aromatic N) is 2. The lowest BCUT2D eigenvalue weighted by molar-refractivity contribution is -0.0841. The molecule has 1 N–H and O–H groups in total. The molecule has 1 saturated heterocycles. The Bertz CT molecular complexity index is 436. The van der Waals surface area contributed by atoms with Crippen LogP contribution in [-0.2, 0) is 21.7 Å². The van der Waals surface area contributed by atoms with Gasteiger partial charge in [-0.2, -0.15) is 4.98 Å². The van der Waals surface area contributed by atoms with Gasteiger partial charge in [0.15, 0.2) is 0 Å². The molecule has 0 atom stereocenters. The molecule has 2 aliphatic rings. The Morgan fingerprint density at radius 2 is 2.05 bits per heavy atom. The standard InChI is InChI=1S/C13H21N3O3/c1-12(8-14-9-12)18-7-10-15-11(16-19-10)13(17-2)5-3-4-6-13/h14H,3-9H2,1-2H3. The average Bonchev–Trinajstić information content (AvgIpc) is 3.03. The van der Waals surface area contributed by atoms with E-state index >= 15 is 0 Å². The number of nitrogens with one attached hydrogen (secondary N) is 1. The minimum atomic E-state index is -0.344. The normalized spacial score (nSPS) is 24.3. The van der Waals surface area contributed by atoms with Crippen LogP contribution in [-0.4, -0.2) is 35.9 Å². The SMILES string of the molecule is COC1(c2noc(COC3(C)CNC3)n2)CCCC1. The van der Waals surface area contributed by atoms with Gasteiger partial charge in [-0.3, -0.25) is 0 Å². The van der Waals surface area contributed by atoms with Crippen molar-refractivity contribution in [1.29, 1.82) is 0 Å². The molecule has 106 valence electrons. The number of hydrogen-bond donors (Lipinski definition) is 1. The van der Waals surface area contributed by atoms with E-state index < -0.39 is 0 Å². The van der Waals surface area contributed by atoms with Crippen molar-refractivity contribution < 1.29 is 14.0 Å². The predicted octanol–water partition coefficient (Wildman–Crippen LogP) is 1.36. The second-order valence-electron chi connectivity index (χ2n) is 5.76. The van der Waals surface area contributed by atoms with E-state index in [-0.39, 0.29) is 11.2 Å². The van der Waals surface area contributed by atoms with Crippen molar-refractivity contribution in [2.75, 3.05) is 20.2 Å². The topological polar surface area (TPSA) is 69.4 Å². The fourth-order valence-electron chi connectivity index (χ4n) is 2.78. The quantitative estimate of drug-likeness (QED) is 0.868. The largest absolute Gasteiger partial charge is 0.370 e. The van der Waals surface area contributed by atoms with Crippen molar-refractivity contribution in [1.82, 2.24) is 15.5 Å². The van der Waals surface area contributed by atoms with Crippen LogP contribution in [0.2, 0.25) is 0 Å². The Morgan fingerprint density at radius 1 is 1.32 bits per heavy atom. The molecular weight excluding hydrogens is 246 g/mol. The van der Waals surface area contributed by atoms with E-state index in [0.717, 1.165) is 38.8 Å². The highest BCUT2D eigenvalue weighted by molar-refractivity contribution is 5.04. The maximum Gasteiger partial charge on any atom is 0.252 e. The van der Waals surface area contributed by atoms with Gasteiger partial charge in [-0.15, -0.1) is 0 Å². The minimum Gasteiger partial charge on any atom is -0.370 e. The van der Waals surface area contributed by atoms with Crippen molar-refractivity contribution in [3.05, 3.63) is 11.7 Å². The van der Waals surface area contributed by atoms with Gasteiger partial charge in [-0.1, -0.05) is 5.16 Å². The summed E-state index contributed by atoms with van der Waals surface area (Å²) >= 11 is 0. The third-order valence-corrected chi connectivity index (χ3v) is 4.22. The molecule has 3 rings (SSSR count). The van der Waals surface area contributed by atoms with E-state index in [1.807, 2.05) is 0 Å². The third kappa shape index (κ3) is 2.40. The highest BCUT2D eigenvalue weighted by Crippen LogP contribution is 2.40. The Balaban J connectivity index is 1.65. The zero-order chi connectivity index (χ0) is 13.3. The fraction of sp³-hybridized carbons (Fsp3) is 0.846. The summed E-state index contributed by atoms with van der Waals surface area (Å²) in [7, 11) is 1.72. The van der Waals surface area contributed by atoms with Crippen LogP contribution in [0.5, 0.6) is 0 Å². The predicted molar refractivity (Wildman–Crippen MR) is 67.5 cm³/mol. The molecule has 0 spiro atoms. The van der Waals surface area contributed by atoms with Crippen molar-refractivity contribution >= 4 is 0 Å². The van der Waals surface area contributed by atoms with Gasteiger partial charge >= 0.3 is 0 Å². The molecule has 1 aromatic heterocycles. The number of methoxy groups -OCH3 is 1. The molecule has 2 fully saturated rings. The Kier molecular flexibility index (Phi) is 3.32. The van der Waals surface area contributed by atoms with E-state index in [9.17, 15) is 0 Å². The van der Waals surface area contributed by atoms with Gasteiger partial charge in [0.1, 0.15) is 12.2 Å². The monoisotopic (exact) mass is 267 g/mol. The summed E-state index contributed by atoms with van der Waals surface area (Å²) in [5, 5.41) is 7.27. The van der Waals surface area contributed by atoms with Crippen molar-refractivity contribution in [3.63, 3.8) is 0 Å². The summed E-state index contributed by atoms with van der Waals surface area (Å²) < 4.78 is 16.7. The molecule has 0 radical (unpaired) electrons. The first kappa shape index (κ1) is 13.0. The van der Waals surface area contributed by atoms with Crippen LogP contribution in [0.25, 0.3) is 0 Å². The highest BCUT2D eigenvalue weighted by atomic mass is 16.5. The van der Waals surface area contributed by atoms with Crippen LogP contribution >= 0.6 is 0 Å². The summed E-state index contributed by atoms with van der Waals surface area (Å²) in [6.45, 7) is 4.19. The Hall–Kier alpha value is -0.980. The molecule has 1 aromatic rings. The first-order valence-corrected chi connectivity index (χ1v) is 6.89. The molecule has 1 saturated carbocycles. The zero-order valence-electron chi connectivity index (χ0n) is 11.6. The van der Waals surface area contributed by atoms with Gasteiger partial charge in [0.25, 0.3) is 5.89 Å². The number of aromatic nitrogens is 2. The molecule has 6 nitrogen and oxygen atoms in total. The lowest BCUT2D eigenvalue weighted by atomic mass is 10.0. The van der Waals surface area contributed by atoms with Crippen molar-refractivity contribution in [3.8, 4) is 0 Å². The van der Waals surface area contributed by atoms with Gasteiger partial charge in [0.2, 0.25) is 5.82 Å². The van der Waals surface area contributed by atoms with Crippen LogP contribution in [0, 0.1) is 0 Å². The third-order valence-electron chi connectivity index (χ3n) is 4.22. The van der Waals surface area contributed by atoms with Gasteiger partial charge in [-0.05, 0) is 32.6 Å². The van der Waals surface area contributed by atoms with E-state index in [2.05, 4.69) is 22.4 Å². The lowest BCUT2D eigenvalue weighted by Crippen LogP contribution is -2.58. The lowest BCUT2D eigenvalue weighted by Gasteiger charge is -2.38. The van der Waals surface area contributed by atoms with Crippen molar-refractivity contribution in [2.45, 2.75) is 50.4 Å². The maximum absolute atomic E-state index is 5.79. The molecule has 0 bridgehead atoms. The summed E-state index contributed by atoms with van der Waals surface area (Å²) in [5.41, 5.74) is -0.440. The Labute approximate surface area is 112 Å². The maximum atomic E-state index is 5.79. The number of rotatable bonds is 5. The van der Waals surface area contributed by atoms with Crippen LogP contribution in [0.15, 0.2) is 4.52 Å². The molecule has 19 heavy (non-hydrogen) atoms. The van der Waals surface area contributed by atoms with Crippen LogP contribution in [0.3, 0.4) is 0 Å². The highest BCUT2D eigenvalue weighted by Gasteiger charge is 2.40. The second-order valence-corrected chi connectivity index (χ2v) is 5.76. The summed E-state index contributed by atoms with van der Waals surface area (Å²) in [6.07, 6.45) is 4.23. The molecule has 2 heterocycles. The minimum absolute atomic E-state index is 0.0963. The van der Waals surface area contributed by atoms with Crippen molar-refractivity contribution in [2.24, 2.45) is 0 Å². The molecule has 0 amide bonds. The van der Waals surface area contributed by atoms with Gasteiger partial charge in [-0.25, -0.2) is 0 Å². The van der Waals surface area contributed by atoms with Crippen LogP contribution in [0.4, 0.5) is 0 Å². The molecule has 1 aliphatic carbocycles. The molecule has 0 aromatic carbocycles. The summed E-state index contributed by atoms with van der Waals surface area (Å²) in [5.74, 6) is 1.20. The molecule has 6 heteroatoms. The first-order valence-electron chi connectivity index (χ1n) is 6.89. The van der Waals surface area contributed by atoms with Gasteiger partial charge in [0, 0.05) is 20.2 Å². The van der Waals surface area contributed by atoms with E-state index in [0.29, 0.717) is 18.3 Å². The van der Waals surface area contributed by atoms with E-state index in [1.54, 1.807) is 7.11 Å². The van der Waals surface area contributed by atoms with E-state index in [4.69, 9.17) is 14.0 Å². The Morgan fingerprint density at radius 3 is 2.63 bits per heavy atom. The summed E-state index contributed by atoms with van der Waals surface area (Å²) in [4.78, 5) is 4.45. The first-order chi connectivity index (χ1) is 9.16. The van der Waals surface area contributed by atoms with Gasteiger partial charge < -0.3 is 19.3 Å². The fourth-order valence-corrected chi connectivity index (χ4v) is 2.78. The molecule has 1 aliphatic heterocycles. The summed E-state index contributed by atoms with van der Waals surface area (Å²) in [6, 6.07) is 0. The molecule has 0 unspecified atom stereocenters. The molecular formula is C13H21N3O3.